The summed E-state index contributed by atoms with van der Waals surface area (Å²) in [7, 11) is -17.1. The van der Waals surface area contributed by atoms with Crippen molar-refractivity contribution in [2.45, 2.75) is 24.1 Å². The molecule has 1 fully saturated rings. The summed E-state index contributed by atoms with van der Waals surface area (Å²) in [6.07, 6.45) is -1.01. The third-order valence-corrected chi connectivity index (χ3v) is 7.76. The van der Waals surface area contributed by atoms with Gasteiger partial charge in [-0.05, 0) is 0 Å². The monoisotopic (exact) mass is 544 g/mol. The highest BCUT2D eigenvalue weighted by Gasteiger charge is 2.58. The van der Waals surface area contributed by atoms with E-state index in [4.69, 9.17) is 25.8 Å². The highest BCUT2D eigenvalue weighted by Crippen LogP contribution is 2.66. The SMILES string of the molecule is C#CC1(F)[C@@H](O)[C@@H](COP(=O)(O)OP(=O)(O)OP(=O)(O)O)O[C@H]1n1cc(F)c(=S)[nH]c1=O. The number of aromatic amines is 1. The lowest BCUT2D eigenvalue weighted by molar-refractivity contribution is -0.0538. The fourth-order valence-electron chi connectivity index (χ4n) is 2.42. The number of halogens is 2. The first-order valence-electron chi connectivity index (χ1n) is 7.70. The van der Waals surface area contributed by atoms with Crippen LogP contribution in [-0.2, 0) is 31.6 Å². The number of H-pyrrole nitrogens is 1. The molecule has 1 aliphatic rings. The van der Waals surface area contributed by atoms with E-state index in [0.717, 1.165) is 0 Å². The Balaban J connectivity index is 2.23. The summed E-state index contributed by atoms with van der Waals surface area (Å²) >= 11 is 4.50. The molecule has 180 valence electrons. The Morgan fingerprint density at radius 3 is 2.41 bits per heavy atom. The third kappa shape index (κ3) is 6.25. The van der Waals surface area contributed by atoms with E-state index in [-0.39, 0.29) is 4.57 Å². The van der Waals surface area contributed by atoms with Gasteiger partial charge in [0.25, 0.3) is 0 Å². The molecule has 3 unspecified atom stereocenters. The smallest absolute Gasteiger partial charge is 0.386 e. The number of alkyl halides is 1. The number of aliphatic hydroxyl groups is 1. The Labute approximate surface area is 181 Å². The minimum atomic E-state index is -5.83. The summed E-state index contributed by atoms with van der Waals surface area (Å²) < 4.78 is 78.4. The van der Waals surface area contributed by atoms with E-state index in [1.54, 1.807) is 0 Å². The number of terminal acetylenes is 1. The number of aromatic nitrogens is 2. The summed E-state index contributed by atoms with van der Waals surface area (Å²) in [4.78, 5) is 49.3. The Hall–Kier alpha value is -1.15. The molecule has 0 spiro atoms. The lowest BCUT2D eigenvalue weighted by atomic mass is 9.97. The Morgan fingerprint density at radius 1 is 1.28 bits per heavy atom. The van der Waals surface area contributed by atoms with Gasteiger partial charge in [0, 0.05) is 0 Å². The number of phosphoric ester groups is 1. The normalized spacial score (nSPS) is 29.8. The summed E-state index contributed by atoms with van der Waals surface area (Å²) in [5.41, 5.74) is -4.41. The van der Waals surface area contributed by atoms with Gasteiger partial charge in [-0.1, -0.05) is 18.1 Å². The molecular weight excluding hydrogens is 531 g/mol. The molecule has 6 N–H and O–H groups in total. The van der Waals surface area contributed by atoms with Crippen molar-refractivity contribution >= 4 is 35.7 Å². The van der Waals surface area contributed by atoms with Crippen LogP contribution >= 0.6 is 35.7 Å². The lowest BCUT2D eigenvalue weighted by Crippen LogP contribution is -2.44. The molecule has 0 bridgehead atoms. The van der Waals surface area contributed by atoms with Gasteiger partial charge in [-0.3, -0.25) is 14.1 Å². The lowest BCUT2D eigenvalue weighted by Gasteiger charge is -2.23. The second-order valence-corrected chi connectivity index (χ2v) is 10.7. The molecular formula is C11H13F2N2O13P3S. The van der Waals surface area contributed by atoms with Crippen LogP contribution in [-0.4, -0.2) is 58.7 Å². The molecule has 1 aromatic heterocycles. The van der Waals surface area contributed by atoms with Crippen LogP contribution in [0.1, 0.15) is 6.23 Å². The van der Waals surface area contributed by atoms with E-state index in [9.17, 15) is 32.9 Å². The molecule has 1 aromatic rings. The van der Waals surface area contributed by atoms with Crippen molar-refractivity contribution in [1.82, 2.24) is 9.55 Å². The molecule has 1 saturated heterocycles. The maximum atomic E-state index is 15.2. The van der Waals surface area contributed by atoms with Crippen molar-refractivity contribution < 1.29 is 65.0 Å². The molecule has 1 aliphatic heterocycles. The molecule has 0 aromatic carbocycles. The van der Waals surface area contributed by atoms with Gasteiger partial charge >= 0.3 is 29.2 Å². The van der Waals surface area contributed by atoms with Crippen LogP contribution in [0.4, 0.5) is 8.78 Å². The first-order valence-corrected chi connectivity index (χ1v) is 12.6. The number of hydrogen-bond acceptors (Lipinski definition) is 10. The largest absolute Gasteiger partial charge is 0.490 e. The van der Waals surface area contributed by atoms with Gasteiger partial charge in [-0.2, -0.15) is 8.62 Å². The van der Waals surface area contributed by atoms with Gasteiger partial charge in [0.15, 0.2) is 12.0 Å². The molecule has 6 atom stereocenters. The van der Waals surface area contributed by atoms with Crippen LogP contribution in [0.15, 0.2) is 11.0 Å². The van der Waals surface area contributed by atoms with Gasteiger partial charge in [-0.25, -0.2) is 27.3 Å². The second kappa shape index (κ2) is 9.24. The Bertz CT molecular complexity index is 1190. The zero-order chi connectivity index (χ0) is 24.7. The highest BCUT2D eigenvalue weighted by molar-refractivity contribution is 7.71. The molecule has 2 heterocycles. The van der Waals surface area contributed by atoms with E-state index in [1.165, 1.54) is 5.92 Å². The predicted octanol–water partition coefficient (Wildman–Crippen LogP) is -0.0119. The number of phosphoric acid groups is 3. The van der Waals surface area contributed by atoms with Gasteiger partial charge in [0.2, 0.25) is 5.67 Å². The van der Waals surface area contributed by atoms with E-state index in [2.05, 4.69) is 25.4 Å². The maximum Gasteiger partial charge on any atom is 0.490 e. The van der Waals surface area contributed by atoms with E-state index < -0.39 is 70.3 Å². The molecule has 2 rings (SSSR count). The number of nitrogens with zero attached hydrogens (tertiary/aromatic N) is 1. The van der Waals surface area contributed by atoms with Crippen LogP contribution < -0.4 is 5.69 Å². The zero-order valence-electron chi connectivity index (χ0n) is 15.0. The number of rotatable bonds is 8. The number of nitrogens with one attached hydrogen (secondary N) is 1. The quantitative estimate of drug-likeness (QED) is 0.144. The predicted molar refractivity (Wildman–Crippen MR) is 98.3 cm³/mol. The molecule has 0 radical (unpaired) electrons. The van der Waals surface area contributed by atoms with Crippen LogP contribution in [0.5, 0.6) is 0 Å². The fourth-order valence-corrected chi connectivity index (χ4v) is 5.59. The van der Waals surface area contributed by atoms with Crippen molar-refractivity contribution in [3.05, 3.63) is 27.1 Å². The average molecular weight is 544 g/mol. The minimum Gasteiger partial charge on any atom is -0.386 e. The molecule has 32 heavy (non-hydrogen) atoms. The van der Waals surface area contributed by atoms with E-state index in [0.29, 0.717) is 6.20 Å². The molecule has 0 saturated carbocycles. The van der Waals surface area contributed by atoms with Crippen molar-refractivity contribution in [2.75, 3.05) is 6.61 Å². The maximum absolute atomic E-state index is 15.2. The van der Waals surface area contributed by atoms with Gasteiger partial charge in [0.1, 0.15) is 16.8 Å². The topological polar surface area (TPSA) is 227 Å². The average Bonchev–Trinajstić information content (AvgIpc) is 2.85. The number of ether oxygens (including phenoxy) is 1. The Kier molecular flexibility index (Phi) is 7.83. The highest BCUT2D eigenvalue weighted by atomic mass is 32.1. The fraction of sp³-hybridized carbons (Fsp3) is 0.455. The third-order valence-electron chi connectivity index (χ3n) is 3.66. The van der Waals surface area contributed by atoms with Gasteiger partial charge in [0.05, 0.1) is 12.8 Å². The van der Waals surface area contributed by atoms with Crippen molar-refractivity contribution in [1.29, 1.82) is 0 Å². The summed E-state index contributed by atoms with van der Waals surface area (Å²) in [5, 5.41) is 10.1. The van der Waals surface area contributed by atoms with Crippen molar-refractivity contribution in [2.24, 2.45) is 0 Å². The first-order chi connectivity index (χ1) is 14.4. The number of aliphatic hydroxyl groups excluding tert-OH is 1. The molecule has 0 amide bonds. The standard InChI is InChI=1S/C11H13F2N2O13P3S/c1-2-11(13)7(16)6(26-9(11)15-3-5(12)8(32)14-10(15)17)4-25-30(21,22)28-31(23,24)27-29(18,19)20/h1,3,6-7,9,16H,4H2,(H,21,22)(H,23,24)(H,14,17,32)(H2,18,19,20)/t6-,7+,9-,11?/m1/s1. The van der Waals surface area contributed by atoms with Crippen molar-refractivity contribution in [3.8, 4) is 12.3 Å². The minimum absolute atomic E-state index is 0.277. The second-order valence-electron chi connectivity index (χ2n) is 5.91. The van der Waals surface area contributed by atoms with Crippen LogP contribution in [0.3, 0.4) is 0 Å². The van der Waals surface area contributed by atoms with Crippen LogP contribution in [0, 0.1) is 22.8 Å². The number of hydrogen-bond donors (Lipinski definition) is 6. The zero-order valence-corrected chi connectivity index (χ0v) is 18.5. The first kappa shape index (κ1) is 27.1. The molecule has 15 nitrogen and oxygen atoms in total. The van der Waals surface area contributed by atoms with Crippen LogP contribution in [0.2, 0.25) is 0 Å². The molecule has 21 heteroatoms. The van der Waals surface area contributed by atoms with Gasteiger partial charge < -0.3 is 29.4 Å². The van der Waals surface area contributed by atoms with Crippen molar-refractivity contribution in [3.63, 3.8) is 0 Å². The van der Waals surface area contributed by atoms with Gasteiger partial charge in [-0.15, -0.1) is 6.42 Å². The Morgan fingerprint density at radius 2 is 1.88 bits per heavy atom. The summed E-state index contributed by atoms with van der Waals surface area (Å²) in [6.45, 7) is -1.28. The summed E-state index contributed by atoms with van der Waals surface area (Å²) in [6, 6.07) is 0. The molecule has 0 aliphatic carbocycles. The summed E-state index contributed by atoms with van der Waals surface area (Å²) in [5.74, 6) is 0.331. The van der Waals surface area contributed by atoms with E-state index in [1.807, 2.05) is 4.98 Å². The van der Waals surface area contributed by atoms with Crippen LogP contribution in [0.25, 0.3) is 0 Å². The van der Waals surface area contributed by atoms with E-state index >= 15 is 4.39 Å².